The molecule has 0 aliphatic carbocycles. The summed E-state index contributed by atoms with van der Waals surface area (Å²) in [5.41, 5.74) is 0.988. The van der Waals surface area contributed by atoms with Crippen LogP contribution in [0.15, 0.2) is 30.3 Å². The van der Waals surface area contributed by atoms with Crippen molar-refractivity contribution in [1.29, 1.82) is 0 Å². The predicted octanol–water partition coefficient (Wildman–Crippen LogP) is -2.37. The minimum absolute atomic E-state index is 0.726. The largest absolute Gasteiger partial charge is 0.497 e. The van der Waals surface area contributed by atoms with E-state index >= 15 is 0 Å². The van der Waals surface area contributed by atoms with Gasteiger partial charge >= 0.3 is 0 Å². The molecule has 2 rings (SSSR count). The highest BCUT2D eigenvalue weighted by Gasteiger charge is 2.09. The number of hydrogen-bond donors (Lipinski definition) is 0. The molecule has 128 valence electrons. The van der Waals surface area contributed by atoms with Crippen molar-refractivity contribution in [2.75, 3.05) is 33.4 Å². The number of morpholine rings is 1. The van der Waals surface area contributed by atoms with Gasteiger partial charge in [-0.25, -0.2) is 23.2 Å². The van der Waals surface area contributed by atoms with Gasteiger partial charge in [0.2, 0.25) is 0 Å². The fraction of sp³-hybridized carbons (Fsp3) is 0.357. The molecule has 0 amide bonds. The number of ether oxygens (including phenoxy) is 2. The number of methoxy groups -OCH3 is 1. The van der Waals surface area contributed by atoms with Crippen LogP contribution in [0.1, 0.15) is 5.56 Å². The second-order valence-corrected chi connectivity index (χ2v) is 5.58. The maximum absolute atomic E-state index is 8.49. The molecule has 1 fully saturated rings. The van der Waals surface area contributed by atoms with E-state index in [0.717, 1.165) is 42.6 Å². The van der Waals surface area contributed by atoms with Gasteiger partial charge in [0.15, 0.2) is 19.3 Å². The zero-order valence-electron chi connectivity index (χ0n) is 12.4. The van der Waals surface area contributed by atoms with Crippen LogP contribution in [0.5, 0.6) is 5.75 Å². The van der Waals surface area contributed by atoms with Gasteiger partial charge in [-0.3, -0.25) is 0 Å². The van der Waals surface area contributed by atoms with Crippen LogP contribution in [-0.2, 0) is 4.74 Å². The van der Waals surface area contributed by atoms with E-state index < -0.39 is 10.2 Å². The fourth-order valence-corrected chi connectivity index (χ4v) is 1.93. The summed E-state index contributed by atoms with van der Waals surface area (Å²) in [7, 11) is -3.29. The fourth-order valence-electron chi connectivity index (χ4n) is 1.74. The monoisotopic (exact) mass is 365 g/mol. The first kappa shape index (κ1) is 19.9. The summed E-state index contributed by atoms with van der Waals surface area (Å²) < 4.78 is 46.6. The Bertz CT molecular complexity index is 525. The average molecular weight is 366 g/mol. The average Bonchev–Trinajstić information content (AvgIpc) is 2.52. The Balaban J connectivity index is 0.000000463. The Morgan fingerprint density at radius 3 is 2.17 bits per heavy atom. The Morgan fingerprint density at radius 1 is 1.17 bits per heavy atom. The van der Waals surface area contributed by atoms with Crippen LogP contribution in [0.4, 0.5) is 0 Å². The van der Waals surface area contributed by atoms with E-state index in [1.165, 1.54) is 0 Å². The van der Waals surface area contributed by atoms with Crippen molar-refractivity contribution in [3.63, 3.8) is 0 Å². The topological polar surface area (TPSA) is 114 Å². The Labute approximate surface area is 141 Å². The SMILES string of the molecule is COc1ccc(/C(Cl)=C/C=[N+]2CCOCC2)cc1.[O-][Cl+3]([O-])([O-])[O-]. The molecule has 1 saturated heterocycles. The maximum Gasteiger partial charge on any atom is 0.166 e. The van der Waals surface area contributed by atoms with E-state index in [0.29, 0.717) is 0 Å². The highest BCUT2D eigenvalue weighted by atomic mass is 35.7. The third kappa shape index (κ3) is 9.52. The van der Waals surface area contributed by atoms with Gasteiger partial charge in [-0.1, -0.05) is 11.6 Å². The molecule has 9 heteroatoms. The third-order valence-corrected chi connectivity index (χ3v) is 3.19. The quantitative estimate of drug-likeness (QED) is 0.553. The van der Waals surface area contributed by atoms with E-state index in [9.17, 15) is 0 Å². The summed E-state index contributed by atoms with van der Waals surface area (Å²) in [5.74, 6) is 0.834. The van der Waals surface area contributed by atoms with Crippen LogP contribution in [0.2, 0.25) is 0 Å². The molecule has 0 N–H and O–H groups in total. The van der Waals surface area contributed by atoms with Gasteiger partial charge in [0.25, 0.3) is 0 Å². The first-order chi connectivity index (χ1) is 10.8. The molecule has 0 atom stereocenters. The van der Waals surface area contributed by atoms with Gasteiger partial charge in [-0.2, -0.15) is 0 Å². The van der Waals surface area contributed by atoms with Crippen molar-refractivity contribution in [2.24, 2.45) is 0 Å². The summed E-state index contributed by atoms with van der Waals surface area (Å²) in [6, 6.07) is 7.70. The number of halogens is 2. The molecule has 0 radical (unpaired) electrons. The van der Waals surface area contributed by atoms with Gasteiger partial charge in [0.05, 0.1) is 12.1 Å². The number of allylic oxidation sites excluding steroid dienone is 1. The maximum atomic E-state index is 8.49. The summed E-state index contributed by atoms with van der Waals surface area (Å²) in [5, 5.41) is 0.726. The lowest BCUT2D eigenvalue weighted by atomic mass is 10.2. The van der Waals surface area contributed by atoms with Crippen molar-refractivity contribution in [3.8, 4) is 5.75 Å². The number of hydrogen-bond acceptors (Lipinski definition) is 6. The lowest BCUT2D eigenvalue weighted by Crippen LogP contribution is -2.68. The van der Waals surface area contributed by atoms with E-state index in [2.05, 4.69) is 4.58 Å². The summed E-state index contributed by atoms with van der Waals surface area (Å²) in [4.78, 5) is 0. The highest BCUT2D eigenvalue weighted by molar-refractivity contribution is 6.49. The van der Waals surface area contributed by atoms with Crippen molar-refractivity contribution >= 4 is 22.8 Å². The second-order valence-electron chi connectivity index (χ2n) is 4.42. The Hall–Kier alpha value is -1.19. The minimum Gasteiger partial charge on any atom is -0.497 e. The zero-order valence-corrected chi connectivity index (χ0v) is 14.0. The molecule has 1 aromatic rings. The van der Waals surface area contributed by atoms with E-state index in [-0.39, 0.29) is 0 Å². The molecule has 7 nitrogen and oxygen atoms in total. The van der Waals surface area contributed by atoms with Crippen LogP contribution in [-0.4, -0.2) is 44.2 Å². The zero-order chi connectivity index (χ0) is 17.3. The molecule has 1 heterocycles. The van der Waals surface area contributed by atoms with Crippen LogP contribution < -0.4 is 23.4 Å². The van der Waals surface area contributed by atoms with Gasteiger partial charge in [-0.15, -0.1) is 10.2 Å². The molecular formula is C14H17Cl2NO6. The molecule has 23 heavy (non-hydrogen) atoms. The van der Waals surface area contributed by atoms with Crippen LogP contribution in [0, 0.1) is 10.2 Å². The molecule has 1 aliphatic rings. The lowest BCUT2D eigenvalue weighted by molar-refractivity contribution is -2.00. The van der Waals surface area contributed by atoms with Crippen molar-refractivity contribution < 1.29 is 42.9 Å². The van der Waals surface area contributed by atoms with E-state index in [1.54, 1.807) is 7.11 Å². The molecule has 0 unspecified atom stereocenters. The molecule has 0 bridgehead atoms. The van der Waals surface area contributed by atoms with E-state index in [1.807, 2.05) is 36.6 Å². The Kier molecular flexibility index (Phi) is 8.49. The number of rotatable bonds is 3. The summed E-state index contributed by atoms with van der Waals surface area (Å²) in [6.07, 6.45) is 3.95. The molecule has 0 saturated carbocycles. The Morgan fingerprint density at radius 2 is 1.70 bits per heavy atom. The van der Waals surface area contributed by atoms with Gasteiger partial charge in [-0.05, 0) is 29.8 Å². The lowest BCUT2D eigenvalue weighted by Gasteiger charge is -2.17. The van der Waals surface area contributed by atoms with Crippen LogP contribution >= 0.6 is 11.6 Å². The number of benzene rings is 1. The van der Waals surface area contributed by atoms with Crippen molar-refractivity contribution in [1.82, 2.24) is 0 Å². The second kappa shape index (κ2) is 9.84. The molecule has 0 spiro atoms. The first-order valence-electron chi connectivity index (χ1n) is 6.58. The van der Waals surface area contributed by atoms with Crippen molar-refractivity contribution in [3.05, 3.63) is 35.9 Å². The van der Waals surface area contributed by atoms with Crippen molar-refractivity contribution in [2.45, 2.75) is 0 Å². The first-order valence-corrected chi connectivity index (χ1v) is 8.19. The smallest absolute Gasteiger partial charge is 0.166 e. The van der Waals surface area contributed by atoms with Crippen LogP contribution in [0.25, 0.3) is 5.03 Å². The van der Waals surface area contributed by atoms with Gasteiger partial charge < -0.3 is 9.47 Å². The standard InChI is InChI=1S/C14H17ClNO2.ClHO4/c1-17-13-4-2-12(3-5-13)14(15)6-7-16-8-10-18-11-9-16;2-1(3,4)5/h2-7H,8-11H2,1H3;(H,2,3,4,5)/q+1;/p-1/b14-6-;. The van der Waals surface area contributed by atoms with Crippen LogP contribution in [0.3, 0.4) is 0 Å². The molecule has 0 aromatic heterocycles. The normalized spacial score (nSPS) is 15.6. The molecular weight excluding hydrogens is 349 g/mol. The minimum atomic E-state index is -4.94. The van der Waals surface area contributed by atoms with Gasteiger partial charge in [0, 0.05) is 6.08 Å². The third-order valence-electron chi connectivity index (χ3n) is 2.84. The number of nitrogens with zero attached hydrogens (tertiary/aromatic N) is 1. The van der Waals surface area contributed by atoms with E-state index in [4.69, 9.17) is 39.7 Å². The highest BCUT2D eigenvalue weighted by Crippen LogP contribution is 2.21. The molecule has 1 aromatic carbocycles. The summed E-state index contributed by atoms with van der Waals surface area (Å²) in [6.45, 7) is 3.40. The summed E-state index contributed by atoms with van der Waals surface area (Å²) >= 11 is 6.25. The predicted molar refractivity (Wildman–Crippen MR) is 73.7 cm³/mol. The molecule has 1 aliphatic heterocycles. The van der Waals surface area contributed by atoms with Gasteiger partial charge in [0.1, 0.15) is 19.0 Å².